The van der Waals surface area contributed by atoms with Crippen molar-refractivity contribution in [2.24, 2.45) is 5.92 Å². The lowest BCUT2D eigenvalue weighted by molar-refractivity contribution is 0.0979. The first kappa shape index (κ1) is 11.4. The maximum absolute atomic E-state index is 9.11. The van der Waals surface area contributed by atoms with E-state index >= 15 is 0 Å². The molecule has 1 saturated heterocycles. The van der Waals surface area contributed by atoms with Crippen LogP contribution < -0.4 is 5.32 Å². The Balaban J connectivity index is 2.47. The van der Waals surface area contributed by atoms with Crippen LogP contribution in [0.1, 0.15) is 6.92 Å². The Hall–Kier alpha value is -0.630. The molecule has 4 nitrogen and oxygen atoms in total. The van der Waals surface area contributed by atoms with Crippen molar-refractivity contribution in [3.63, 3.8) is 0 Å². The van der Waals surface area contributed by atoms with E-state index in [0.717, 1.165) is 26.2 Å². The Morgan fingerprint density at radius 1 is 1.50 bits per heavy atom. The zero-order chi connectivity index (χ0) is 10.4. The summed E-state index contributed by atoms with van der Waals surface area (Å²) in [5.74, 6) is 0.281. The lowest BCUT2D eigenvalue weighted by atomic mass is 10.0. The third kappa shape index (κ3) is 2.95. The van der Waals surface area contributed by atoms with E-state index in [1.54, 1.807) is 7.11 Å². The van der Waals surface area contributed by atoms with E-state index in [2.05, 4.69) is 23.2 Å². The number of hydrogen-bond acceptors (Lipinski definition) is 4. The molecule has 0 aliphatic carbocycles. The second-order valence-electron chi connectivity index (χ2n) is 3.79. The molecule has 0 spiro atoms. The zero-order valence-electron chi connectivity index (χ0n) is 8.99. The topological polar surface area (TPSA) is 48.3 Å². The predicted molar refractivity (Wildman–Crippen MR) is 54.9 cm³/mol. The number of hydrogen-bond donors (Lipinski definition) is 1. The van der Waals surface area contributed by atoms with Gasteiger partial charge in [-0.1, -0.05) is 6.92 Å². The molecule has 0 bridgehead atoms. The van der Waals surface area contributed by atoms with Crippen LogP contribution in [-0.4, -0.2) is 50.8 Å². The molecule has 0 saturated carbocycles. The Kier molecular flexibility index (Phi) is 4.88. The number of methoxy groups -OCH3 is 1. The van der Waals surface area contributed by atoms with Crippen molar-refractivity contribution in [3.05, 3.63) is 0 Å². The molecule has 0 aromatic rings. The summed E-state index contributed by atoms with van der Waals surface area (Å²) in [6.07, 6.45) is 0. The average Bonchev–Trinajstić information content (AvgIpc) is 2.21. The van der Waals surface area contributed by atoms with E-state index in [-0.39, 0.29) is 12.0 Å². The second-order valence-corrected chi connectivity index (χ2v) is 3.79. The maximum atomic E-state index is 9.11. The summed E-state index contributed by atoms with van der Waals surface area (Å²) in [4.78, 5) is 2.24. The Labute approximate surface area is 85.8 Å². The molecule has 1 heterocycles. The van der Waals surface area contributed by atoms with E-state index in [1.807, 2.05) is 0 Å². The minimum Gasteiger partial charge on any atom is -0.384 e. The van der Waals surface area contributed by atoms with E-state index in [1.165, 1.54) is 0 Å². The van der Waals surface area contributed by atoms with Crippen molar-refractivity contribution < 1.29 is 4.74 Å². The van der Waals surface area contributed by atoms with Crippen LogP contribution in [-0.2, 0) is 4.74 Å². The summed E-state index contributed by atoms with van der Waals surface area (Å²) < 4.78 is 5.08. The molecular formula is C10H19N3O. The normalized spacial score (nSPS) is 22.6. The molecule has 4 heteroatoms. The van der Waals surface area contributed by atoms with Crippen molar-refractivity contribution in [2.75, 3.05) is 39.9 Å². The highest BCUT2D eigenvalue weighted by atomic mass is 16.5. The monoisotopic (exact) mass is 197 g/mol. The smallest absolute Gasteiger partial charge is 0.103 e. The van der Waals surface area contributed by atoms with Gasteiger partial charge in [-0.05, 0) is 0 Å². The number of nitrogens with zero attached hydrogens (tertiary/aromatic N) is 2. The van der Waals surface area contributed by atoms with Gasteiger partial charge in [0.2, 0.25) is 0 Å². The van der Waals surface area contributed by atoms with Crippen LogP contribution in [0, 0.1) is 17.2 Å². The molecule has 0 aromatic carbocycles. The van der Waals surface area contributed by atoms with Crippen molar-refractivity contribution in [3.8, 4) is 6.07 Å². The highest BCUT2D eigenvalue weighted by Crippen LogP contribution is 2.11. The van der Waals surface area contributed by atoms with Crippen LogP contribution >= 0.6 is 0 Å². The fourth-order valence-corrected chi connectivity index (χ4v) is 1.88. The van der Waals surface area contributed by atoms with Gasteiger partial charge in [-0.15, -0.1) is 0 Å². The summed E-state index contributed by atoms with van der Waals surface area (Å²) >= 11 is 0. The molecule has 0 radical (unpaired) electrons. The number of nitrogens with one attached hydrogen (secondary N) is 1. The van der Waals surface area contributed by atoms with Crippen molar-refractivity contribution >= 4 is 0 Å². The summed E-state index contributed by atoms with van der Waals surface area (Å²) in [6, 6.07) is 2.37. The quantitative estimate of drug-likeness (QED) is 0.692. The predicted octanol–water partition coefficient (Wildman–Crippen LogP) is 0.0663. The minimum absolute atomic E-state index is 0.00273. The lowest BCUT2D eigenvalue weighted by Crippen LogP contribution is -2.50. The summed E-state index contributed by atoms with van der Waals surface area (Å²) in [6.45, 7) is 6.62. The summed E-state index contributed by atoms with van der Waals surface area (Å²) in [5.41, 5.74) is 0. The zero-order valence-corrected chi connectivity index (χ0v) is 8.99. The molecule has 1 N–H and O–H groups in total. The van der Waals surface area contributed by atoms with Crippen LogP contribution in [0.4, 0.5) is 0 Å². The molecule has 1 aliphatic heterocycles. The molecule has 1 rings (SSSR count). The molecule has 2 unspecified atom stereocenters. The third-order valence-corrected chi connectivity index (χ3v) is 2.65. The van der Waals surface area contributed by atoms with Gasteiger partial charge in [0, 0.05) is 39.2 Å². The fourth-order valence-electron chi connectivity index (χ4n) is 1.88. The number of piperazine rings is 1. The molecule has 0 amide bonds. The molecule has 2 atom stereocenters. The van der Waals surface area contributed by atoms with Gasteiger partial charge in [0.25, 0.3) is 0 Å². The van der Waals surface area contributed by atoms with Gasteiger partial charge in [0.1, 0.15) is 6.04 Å². The van der Waals surface area contributed by atoms with Gasteiger partial charge in [-0.2, -0.15) is 5.26 Å². The first-order valence-corrected chi connectivity index (χ1v) is 5.13. The van der Waals surface area contributed by atoms with Gasteiger partial charge in [-0.25, -0.2) is 0 Å². The Bertz CT molecular complexity index is 196. The van der Waals surface area contributed by atoms with E-state index in [0.29, 0.717) is 6.61 Å². The van der Waals surface area contributed by atoms with Crippen LogP contribution in [0.3, 0.4) is 0 Å². The number of rotatable bonds is 4. The number of nitriles is 1. The van der Waals surface area contributed by atoms with Crippen molar-refractivity contribution in [1.82, 2.24) is 10.2 Å². The van der Waals surface area contributed by atoms with Gasteiger partial charge >= 0.3 is 0 Å². The van der Waals surface area contributed by atoms with Crippen LogP contribution in [0.2, 0.25) is 0 Å². The summed E-state index contributed by atoms with van der Waals surface area (Å²) in [7, 11) is 1.68. The van der Waals surface area contributed by atoms with Crippen molar-refractivity contribution in [1.29, 1.82) is 5.26 Å². The largest absolute Gasteiger partial charge is 0.384 e. The van der Waals surface area contributed by atoms with Crippen molar-refractivity contribution in [2.45, 2.75) is 13.0 Å². The van der Waals surface area contributed by atoms with Gasteiger partial charge in [-0.3, -0.25) is 4.90 Å². The standard InChI is InChI=1S/C10H19N3O/c1-9(8-14-2)10(7-11)13-5-3-12-4-6-13/h9-10,12H,3-6,8H2,1-2H3. The molecular weight excluding hydrogens is 178 g/mol. The summed E-state index contributed by atoms with van der Waals surface area (Å²) in [5, 5.41) is 12.4. The van der Waals surface area contributed by atoms with Crippen LogP contribution in [0.15, 0.2) is 0 Å². The fraction of sp³-hybridized carbons (Fsp3) is 0.900. The van der Waals surface area contributed by atoms with Crippen LogP contribution in [0.5, 0.6) is 0 Å². The molecule has 14 heavy (non-hydrogen) atoms. The minimum atomic E-state index is -0.00273. The van der Waals surface area contributed by atoms with E-state index < -0.39 is 0 Å². The maximum Gasteiger partial charge on any atom is 0.103 e. The SMILES string of the molecule is COCC(C)C(C#N)N1CCNCC1. The van der Waals surface area contributed by atoms with E-state index in [9.17, 15) is 0 Å². The first-order valence-electron chi connectivity index (χ1n) is 5.13. The molecule has 80 valence electrons. The second kappa shape index (κ2) is 5.97. The van der Waals surface area contributed by atoms with Gasteiger partial charge in [0.05, 0.1) is 12.7 Å². The molecule has 0 aromatic heterocycles. The number of ether oxygens (including phenoxy) is 1. The average molecular weight is 197 g/mol. The van der Waals surface area contributed by atoms with E-state index in [4.69, 9.17) is 10.00 Å². The highest BCUT2D eigenvalue weighted by molar-refractivity contribution is 4.96. The van der Waals surface area contributed by atoms with Gasteiger partial charge < -0.3 is 10.1 Å². The van der Waals surface area contributed by atoms with Crippen LogP contribution in [0.25, 0.3) is 0 Å². The Morgan fingerprint density at radius 2 is 2.14 bits per heavy atom. The lowest BCUT2D eigenvalue weighted by Gasteiger charge is -2.33. The first-order chi connectivity index (χ1) is 6.79. The highest BCUT2D eigenvalue weighted by Gasteiger charge is 2.25. The Morgan fingerprint density at radius 3 is 2.64 bits per heavy atom. The van der Waals surface area contributed by atoms with Gasteiger partial charge in [0.15, 0.2) is 0 Å². The molecule has 1 fully saturated rings. The molecule has 1 aliphatic rings. The third-order valence-electron chi connectivity index (χ3n) is 2.65.